The molecular formula is C16H20ClN4OS+. The van der Waals surface area contributed by atoms with Gasteiger partial charge in [0.1, 0.15) is 0 Å². The number of carbonyl (C=O) groups excluding carboxylic acids is 1. The van der Waals surface area contributed by atoms with E-state index in [4.69, 9.17) is 11.6 Å². The third kappa shape index (κ3) is 4.22. The first-order valence-electron chi connectivity index (χ1n) is 7.66. The van der Waals surface area contributed by atoms with Crippen molar-refractivity contribution in [3.05, 3.63) is 40.4 Å². The summed E-state index contributed by atoms with van der Waals surface area (Å²) in [5, 5.41) is 6.14. The van der Waals surface area contributed by atoms with E-state index in [0.29, 0.717) is 11.7 Å². The predicted molar refractivity (Wildman–Crippen MR) is 94.7 cm³/mol. The third-order valence-corrected chi connectivity index (χ3v) is 5.00. The van der Waals surface area contributed by atoms with Gasteiger partial charge in [0.05, 0.1) is 26.2 Å². The molecule has 0 spiro atoms. The van der Waals surface area contributed by atoms with Gasteiger partial charge in [-0.2, -0.15) is 0 Å². The summed E-state index contributed by atoms with van der Waals surface area (Å²) in [6.45, 7) is 6.34. The van der Waals surface area contributed by atoms with Gasteiger partial charge in [0.15, 0.2) is 11.7 Å². The largest absolute Gasteiger partial charge is 0.360 e. The van der Waals surface area contributed by atoms with E-state index in [9.17, 15) is 4.79 Å². The van der Waals surface area contributed by atoms with Crippen LogP contribution in [0.3, 0.4) is 0 Å². The molecule has 1 saturated heterocycles. The number of aryl methyl sites for hydroxylation is 1. The van der Waals surface area contributed by atoms with Crippen molar-refractivity contribution in [1.82, 2.24) is 4.98 Å². The Morgan fingerprint density at radius 2 is 2.22 bits per heavy atom. The molecule has 2 aromatic rings. The lowest BCUT2D eigenvalue weighted by Crippen LogP contribution is -3.15. The lowest BCUT2D eigenvalue weighted by molar-refractivity contribution is -0.892. The van der Waals surface area contributed by atoms with E-state index < -0.39 is 0 Å². The number of aromatic nitrogens is 1. The zero-order valence-corrected chi connectivity index (χ0v) is 14.6. The second-order valence-electron chi connectivity index (χ2n) is 5.73. The Bertz CT molecular complexity index is 669. The highest BCUT2D eigenvalue weighted by Crippen LogP contribution is 2.24. The molecule has 0 bridgehead atoms. The van der Waals surface area contributed by atoms with Gasteiger partial charge in [0.25, 0.3) is 5.91 Å². The Balaban J connectivity index is 1.52. The lowest BCUT2D eigenvalue weighted by atomic mass is 10.1. The van der Waals surface area contributed by atoms with Gasteiger partial charge in [-0.3, -0.25) is 10.1 Å². The van der Waals surface area contributed by atoms with Crippen LogP contribution in [-0.4, -0.2) is 43.6 Å². The zero-order chi connectivity index (χ0) is 16.2. The highest BCUT2D eigenvalue weighted by atomic mass is 35.5. The van der Waals surface area contributed by atoms with Crippen LogP contribution in [0.5, 0.6) is 0 Å². The lowest BCUT2D eigenvalue weighted by Gasteiger charge is -2.34. The fraction of sp³-hybridized carbons (Fsp3) is 0.375. The quantitative estimate of drug-likeness (QED) is 0.876. The van der Waals surface area contributed by atoms with E-state index in [0.717, 1.165) is 31.2 Å². The first-order valence-corrected chi connectivity index (χ1v) is 8.91. The summed E-state index contributed by atoms with van der Waals surface area (Å²) in [5.41, 5.74) is 2.43. The molecule has 1 aromatic heterocycles. The number of amides is 1. The molecule has 7 heteroatoms. The molecule has 1 fully saturated rings. The molecule has 0 atom stereocenters. The van der Waals surface area contributed by atoms with E-state index in [2.05, 4.69) is 28.2 Å². The fourth-order valence-corrected chi connectivity index (χ4v) is 3.55. The summed E-state index contributed by atoms with van der Waals surface area (Å²) < 4.78 is 0. The molecule has 0 saturated carbocycles. The number of halogens is 1. The first kappa shape index (κ1) is 16.2. The molecule has 1 aliphatic rings. The Hall–Kier alpha value is -1.63. The zero-order valence-electron chi connectivity index (χ0n) is 13.0. The summed E-state index contributed by atoms with van der Waals surface area (Å²) in [6, 6.07) is 6.00. The minimum absolute atomic E-state index is 0.0299. The highest BCUT2D eigenvalue weighted by molar-refractivity contribution is 7.13. The van der Waals surface area contributed by atoms with Gasteiger partial charge >= 0.3 is 0 Å². The predicted octanol–water partition coefficient (Wildman–Crippen LogP) is 1.45. The molecule has 23 heavy (non-hydrogen) atoms. The normalized spacial score (nSPS) is 15.7. The smallest absolute Gasteiger partial charge is 0.281 e. The second-order valence-corrected chi connectivity index (χ2v) is 7.06. The molecule has 122 valence electrons. The Kier molecular flexibility index (Phi) is 5.15. The number of anilines is 2. The summed E-state index contributed by atoms with van der Waals surface area (Å²) in [4.78, 5) is 19.8. The molecule has 1 aromatic carbocycles. The van der Waals surface area contributed by atoms with E-state index in [-0.39, 0.29) is 5.91 Å². The van der Waals surface area contributed by atoms with Crippen LogP contribution in [-0.2, 0) is 4.79 Å². The monoisotopic (exact) mass is 351 g/mol. The second kappa shape index (κ2) is 7.29. The molecule has 0 aliphatic carbocycles. The molecular weight excluding hydrogens is 332 g/mol. The van der Waals surface area contributed by atoms with Crippen molar-refractivity contribution < 1.29 is 9.69 Å². The summed E-state index contributed by atoms with van der Waals surface area (Å²) in [7, 11) is 0. The molecule has 1 amide bonds. The van der Waals surface area contributed by atoms with Crippen molar-refractivity contribution >= 4 is 39.7 Å². The summed E-state index contributed by atoms with van der Waals surface area (Å²) in [6.07, 6.45) is 1.69. The van der Waals surface area contributed by atoms with Crippen LogP contribution in [0.1, 0.15) is 5.56 Å². The molecule has 2 N–H and O–H groups in total. The van der Waals surface area contributed by atoms with Gasteiger partial charge in [-0.25, -0.2) is 4.98 Å². The SMILES string of the molecule is Cc1ccc(Cl)cc1N1CC[NH+](CC(=O)Nc2nccs2)CC1. The van der Waals surface area contributed by atoms with Crippen molar-refractivity contribution in [3.8, 4) is 0 Å². The standard InChI is InChI=1S/C16H19ClN4OS/c1-12-2-3-13(17)10-14(12)21-7-5-20(6-8-21)11-15(22)19-16-18-4-9-23-16/h2-4,9-10H,5-8,11H2,1H3,(H,18,19,22)/p+1. The van der Waals surface area contributed by atoms with Crippen LogP contribution in [0, 0.1) is 6.92 Å². The van der Waals surface area contributed by atoms with Gasteiger partial charge < -0.3 is 9.80 Å². The molecule has 0 unspecified atom stereocenters. The average molecular weight is 352 g/mol. The minimum atomic E-state index is 0.0299. The molecule has 1 aliphatic heterocycles. The van der Waals surface area contributed by atoms with Crippen molar-refractivity contribution in [2.75, 3.05) is 42.9 Å². The van der Waals surface area contributed by atoms with Crippen molar-refractivity contribution in [3.63, 3.8) is 0 Å². The summed E-state index contributed by atoms with van der Waals surface area (Å²) in [5.74, 6) is 0.0299. The van der Waals surface area contributed by atoms with Crippen molar-refractivity contribution in [2.24, 2.45) is 0 Å². The maximum atomic E-state index is 12.0. The molecule has 0 radical (unpaired) electrons. The van der Waals surface area contributed by atoms with E-state index in [1.165, 1.54) is 27.5 Å². The van der Waals surface area contributed by atoms with Crippen LogP contribution < -0.4 is 15.1 Å². The van der Waals surface area contributed by atoms with Gasteiger partial charge in [-0.15, -0.1) is 11.3 Å². The number of piperazine rings is 1. The van der Waals surface area contributed by atoms with Crippen LogP contribution in [0.4, 0.5) is 10.8 Å². The number of hydrogen-bond donors (Lipinski definition) is 2. The van der Waals surface area contributed by atoms with Gasteiger partial charge in [-0.1, -0.05) is 17.7 Å². The maximum Gasteiger partial charge on any atom is 0.281 e. The highest BCUT2D eigenvalue weighted by Gasteiger charge is 2.23. The van der Waals surface area contributed by atoms with Crippen molar-refractivity contribution in [2.45, 2.75) is 6.92 Å². The average Bonchev–Trinajstić information content (AvgIpc) is 3.03. The number of rotatable bonds is 4. The van der Waals surface area contributed by atoms with Crippen LogP contribution >= 0.6 is 22.9 Å². The third-order valence-electron chi connectivity index (χ3n) is 4.07. The maximum absolute atomic E-state index is 12.0. The number of carbonyl (C=O) groups is 1. The number of benzene rings is 1. The number of quaternary nitrogens is 1. The number of hydrogen-bond acceptors (Lipinski definition) is 4. The van der Waals surface area contributed by atoms with E-state index in [1.54, 1.807) is 6.20 Å². The van der Waals surface area contributed by atoms with Crippen LogP contribution in [0.25, 0.3) is 0 Å². The number of nitrogens with one attached hydrogen (secondary N) is 2. The van der Waals surface area contributed by atoms with Gasteiger partial charge in [0.2, 0.25) is 0 Å². The van der Waals surface area contributed by atoms with Crippen LogP contribution in [0.2, 0.25) is 5.02 Å². The topological polar surface area (TPSA) is 49.7 Å². The molecule has 2 heterocycles. The Labute approximate surface area is 144 Å². The molecule has 5 nitrogen and oxygen atoms in total. The van der Waals surface area contributed by atoms with Gasteiger partial charge in [-0.05, 0) is 24.6 Å². The van der Waals surface area contributed by atoms with Gasteiger partial charge in [0, 0.05) is 22.3 Å². The Morgan fingerprint density at radius 3 is 2.91 bits per heavy atom. The molecule has 3 rings (SSSR count). The van der Waals surface area contributed by atoms with Crippen molar-refractivity contribution in [1.29, 1.82) is 0 Å². The number of nitrogens with zero attached hydrogens (tertiary/aromatic N) is 2. The Morgan fingerprint density at radius 1 is 1.43 bits per heavy atom. The summed E-state index contributed by atoms with van der Waals surface area (Å²) >= 11 is 7.55. The minimum Gasteiger partial charge on any atom is -0.360 e. The van der Waals surface area contributed by atoms with Crippen LogP contribution in [0.15, 0.2) is 29.8 Å². The van der Waals surface area contributed by atoms with E-state index in [1.807, 2.05) is 17.5 Å². The number of thiazole rings is 1. The first-order chi connectivity index (χ1) is 11.1. The fourth-order valence-electron chi connectivity index (χ4n) is 2.84. The van der Waals surface area contributed by atoms with E-state index >= 15 is 0 Å².